The molecule has 0 radical (unpaired) electrons. The highest BCUT2D eigenvalue weighted by molar-refractivity contribution is 6.32. The molecule has 5 heteroatoms. The molecular weight excluding hydrogens is 276 g/mol. The molecule has 0 fully saturated rings. The first-order valence-corrected chi connectivity index (χ1v) is 6.42. The third-order valence-electron chi connectivity index (χ3n) is 3.02. The van der Waals surface area contributed by atoms with Crippen molar-refractivity contribution in [3.63, 3.8) is 0 Å². The SMILES string of the molecule is Cc1occc1C(=O)Nc1cc(Cl)cc2cccnc12. The number of amides is 1. The van der Waals surface area contributed by atoms with E-state index in [2.05, 4.69) is 10.3 Å². The van der Waals surface area contributed by atoms with Crippen molar-refractivity contribution in [1.29, 1.82) is 0 Å². The molecule has 1 amide bonds. The van der Waals surface area contributed by atoms with Gasteiger partial charge in [0.05, 0.1) is 23.0 Å². The molecule has 2 heterocycles. The standard InChI is InChI=1S/C15H11ClN2O2/c1-9-12(4-6-20-9)15(19)18-13-8-11(16)7-10-3-2-5-17-14(10)13/h2-8H,1H3,(H,18,19). The molecule has 0 unspecified atom stereocenters. The molecule has 0 aliphatic heterocycles. The van der Waals surface area contributed by atoms with Crippen LogP contribution in [-0.4, -0.2) is 10.9 Å². The Labute approximate surface area is 120 Å². The highest BCUT2D eigenvalue weighted by Crippen LogP contribution is 2.27. The summed E-state index contributed by atoms with van der Waals surface area (Å²) in [5, 5.41) is 4.24. The Bertz CT molecular complexity index is 795. The van der Waals surface area contributed by atoms with Crippen molar-refractivity contribution >= 4 is 34.1 Å². The Morgan fingerprint density at radius 3 is 2.95 bits per heavy atom. The minimum atomic E-state index is -0.245. The summed E-state index contributed by atoms with van der Waals surface area (Å²) < 4.78 is 5.13. The molecule has 1 N–H and O–H groups in total. The first-order valence-electron chi connectivity index (χ1n) is 6.05. The smallest absolute Gasteiger partial charge is 0.259 e. The molecule has 0 aliphatic carbocycles. The van der Waals surface area contributed by atoms with E-state index in [1.54, 1.807) is 25.3 Å². The second kappa shape index (κ2) is 4.98. The Morgan fingerprint density at radius 1 is 1.35 bits per heavy atom. The number of nitrogens with zero attached hydrogens (tertiary/aromatic N) is 1. The number of pyridine rings is 1. The highest BCUT2D eigenvalue weighted by Gasteiger charge is 2.13. The number of fused-ring (bicyclic) bond motifs is 1. The summed E-state index contributed by atoms with van der Waals surface area (Å²) in [6.45, 7) is 1.74. The van der Waals surface area contributed by atoms with E-state index in [9.17, 15) is 4.79 Å². The van der Waals surface area contributed by atoms with Crippen molar-refractivity contribution in [2.24, 2.45) is 0 Å². The average molecular weight is 287 g/mol. The Balaban J connectivity index is 2.03. The van der Waals surface area contributed by atoms with Gasteiger partial charge in [-0.05, 0) is 31.2 Å². The second-order valence-electron chi connectivity index (χ2n) is 4.37. The lowest BCUT2D eigenvalue weighted by atomic mass is 10.1. The monoisotopic (exact) mass is 286 g/mol. The molecule has 1 aromatic carbocycles. The number of furan rings is 1. The van der Waals surface area contributed by atoms with E-state index in [0.717, 1.165) is 5.39 Å². The van der Waals surface area contributed by atoms with Gasteiger partial charge in [0.25, 0.3) is 5.91 Å². The van der Waals surface area contributed by atoms with Crippen LogP contribution in [0.5, 0.6) is 0 Å². The normalized spacial score (nSPS) is 10.7. The minimum absolute atomic E-state index is 0.245. The largest absolute Gasteiger partial charge is 0.469 e. The van der Waals surface area contributed by atoms with Crippen LogP contribution in [0, 0.1) is 6.92 Å². The van der Waals surface area contributed by atoms with Gasteiger partial charge in [-0.3, -0.25) is 9.78 Å². The zero-order valence-electron chi connectivity index (χ0n) is 10.7. The number of hydrogen-bond acceptors (Lipinski definition) is 3. The summed E-state index contributed by atoms with van der Waals surface area (Å²) in [6, 6.07) is 8.84. The van der Waals surface area contributed by atoms with Gasteiger partial charge in [0.15, 0.2) is 0 Å². The van der Waals surface area contributed by atoms with E-state index < -0.39 is 0 Å². The van der Waals surface area contributed by atoms with Gasteiger partial charge in [-0.15, -0.1) is 0 Å². The fourth-order valence-corrected chi connectivity index (χ4v) is 2.29. The summed E-state index contributed by atoms with van der Waals surface area (Å²) >= 11 is 6.07. The van der Waals surface area contributed by atoms with Crippen molar-refractivity contribution in [2.45, 2.75) is 6.92 Å². The van der Waals surface area contributed by atoms with Crippen LogP contribution in [0.4, 0.5) is 5.69 Å². The fourth-order valence-electron chi connectivity index (χ4n) is 2.06. The first kappa shape index (κ1) is 12.7. The summed E-state index contributed by atoms with van der Waals surface area (Å²) in [5.74, 6) is 0.326. The number of rotatable bonds is 2. The number of anilines is 1. The van der Waals surface area contributed by atoms with Crippen LogP contribution in [-0.2, 0) is 0 Å². The number of nitrogens with one attached hydrogen (secondary N) is 1. The van der Waals surface area contributed by atoms with E-state index in [1.807, 2.05) is 18.2 Å². The molecule has 0 saturated heterocycles. The van der Waals surface area contributed by atoms with Gasteiger partial charge in [-0.1, -0.05) is 17.7 Å². The molecule has 0 aliphatic rings. The van der Waals surface area contributed by atoms with Crippen LogP contribution in [0.1, 0.15) is 16.1 Å². The maximum Gasteiger partial charge on any atom is 0.259 e. The van der Waals surface area contributed by atoms with Crippen LogP contribution in [0.25, 0.3) is 10.9 Å². The first-order chi connectivity index (χ1) is 9.65. The molecule has 0 atom stereocenters. The van der Waals surface area contributed by atoms with Gasteiger partial charge in [0, 0.05) is 16.6 Å². The van der Waals surface area contributed by atoms with Crippen molar-refractivity contribution in [3.8, 4) is 0 Å². The number of carbonyl (C=O) groups is 1. The van der Waals surface area contributed by atoms with E-state index in [1.165, 1.54) is 6.26 Å². The van der Waals surface area contributed by atoms with Crippen LogP contribution in [0.2, 0.25) is 5.02 Å². The molecule has 3 rings (SSSR count). The summed E-state index contributed by atoms with van der Waals surface area (Å²) in [5.41, 5.74) is 1.78. The van der Waals surface area contributed by atoms with Crippen molar-refractivity contribution in [1.82, 2.24) is 4.98 Å². The van der Waals surface area contributed by atoms with Gasteiger partial charge in [-0.25, -0.2) is 0 Å². The molecule has 100 valence electrons. The number of carbonyl (C=O) groups excluding carboxylic acids is 1. The van der Waals surface area contributed by atoms with Gasteiger partial charge in [0.2, 0.25) is 0 Å². The summed E-state index contributed by atoms with van der Waals surface area (Å²) in [6.07, 6.45) is 3.16. The molecule has 0 bridgehead atoms. The number of hydrogen-bond donors (Lipinski definition) is 1. The maximum absolute atomic E-state index is 12.2. The topological polar surface area (TPSA) is 55.1 Å². The lowest BCUT2D eigenvalue weighted by Crippen LogP contribution is -2.12. The second-order valence-corrected chi connectivity index (χ2v) is 4.81. The molecule has 0 saturated carbocycles. The van der Waals surface area contributed by atoms with E-state index in [0.29, 0.717) is 27.6 Å². The Morgan fingerprint density at radius 2 is 2.20 bits per heavy atom. The number of aromatic nitrogens is 1. The third kappa shape index (κ3) is 2.26. The maximum atomic E-state index is 12.2. The Kier molecular flexibility index (Phi) is 3.16. The number of halogens is 1. The molecule has 20 heavy (non-hydrogen) atoms. The van der Waals surface area contributed by atoms with Crippen LogP contribution in [0.3, 0.4) is 0 Å². The van der Waals surface area contributed by atoms with Crippen LogP contribution >= 0.6 is 11.6 Å². The predicted octanol–water partition coefficient (Wildman–Crippen LogP) is 4.04. The lowest BCUT2D eigenvalue weighted by molar-refractivity contribution is 0.102. The zero-order valence-corrected chi connectivity index (χ0v) is 11.4. The highest BCUT2D eigenvalue weighted by atomic mass is 35.5. The van der Waals surface area contributed by atoms with Crippen LogP contribution in [0.15, 0.2) is 47.2 Å². The van der Waals surface area contributed by atoms with Gasteiger partial charge < -0.3 is 9.73 Å². The van der Waals surface area contributed by atoms with E-state index >= 15 is 0 Å². The van der Waals surface area contributed by atoms with E-state index in [-0.39, 0.29) is 5.91 Å². The average Bonchev–Trinajstić information content (AvgIpc) is 2.85. The van der Waals surface area contributed by atoms with Gasteiger partial charge in [0.1, 0.15) is 5.76 Å². The summed E-state index contributed by atoms with van der Waals surface area (Å²) in [7, 11) is 0. The molecule has 3 aromatic rings. The van der Waals surface area contributed by atoms with Crippen LogP contribution < -0.4 is 5.32 Å². The fraction of sp³-hybridized carbons (Fsp3) is 0.0667. The minimum Gasteiger partial charge on any atom is -0.469 e. The van der Waals surface area contributed by atoms with Crippen molar-refractivity contribution in [3.05, 3.63) is 59.1 Å². The van der Waals surface area contributed by atoms with Crippen molar-refractivity contribution < 1.29 is 9.21 Å². The molecule has 4 nitrogen and oxygen atoms in total. The predicted molar refractivity (Wildman–Crippen MR) is 78.2 cm³/mol. The molecule has 2 aromatic heterocycles. The zero-order chi connectivity index (χ0) is 14.1. The number of benzene rings is 1. The molecular formula is C15H11ClN2O2. The lowest BCUT2D eigenvalue weighted by Gasteiger charge is -2.08. The van der Waals surface area contributed by atoms with Gasteiger partial charge in [-0.2, -0.15) is 0 Å². The third-order valence-corrected chi connectivity index (χ3v) is 3.24. The summed E-state index contributed by atoms with van der Waals surface area (Å²) in [4.78, 5) is 16.5. The Hall–Kier alpha value is -2.33. The quantitative estimate of drug-likeness (QED) is 0.773. The van der Waals surface area contributed by atoms with Crippen molar-refractivity contribution in [2.75, 3.05) is 5.32 Å². The van der Waals surface area contributed by atoms with Gasteiger partial charge >= 0.3 is 0 Å². The number of aryl methyl sites for hydroxylation is 1. The molecule has 0 spiro atoms. The van der Waals surface area contributed by atoms with E-state index in [4.69, 9.17) is 16.0 Å².